The SMILES string of the molecule is CNCc1coc(COC2CCC(C)C(C)C2)c1. The molecular formula is C15H25NO2. The van der Waals surface area contributed by atoms with Crippen LogP contribution in [-0.4, -0.2) is 13.2 Å². The van der Waals surface area contributed by atoms with E-state index >= 15 is 0 Å². The zero-order chi connectivity index (χ0) is 13.0. The molecule has 3 atom stereocenters. The molecule has 102 valence electrons. The van der Waals surface area contributed by atoms with Gasteiger partial charge >= 0.3 is 0 Å². The molecule has 3 nitrogen and oxygen atoms in total. The van der Waals surface area contributed by atoms with Crippen LogP contribution < -0.4 is 5.32 Å². The summed E-state index contributed by atoms with van der Waals surface area (Å²) in [6.45, 7) is 6.13. The molecule has 3 unspecified atom stereocenters. The fourth-order valence-corrected chi connectivity index (χ4v) is 2.65. The second-order valence-corrected chi connectivity index (χ2v) is 5.65. The molecule has 1 N–H and O–H groups in total. The first kappa shape index (κ1) is 13.6. The predicted octanol–water partition coefficient (Wildman–Crippen LogP) is 3.34. The van der Waals surface area contributed by atoms with Crippen LogP contribution in [0.25, 0.3) is 0 Å². The Balaban J connectivity index is 1.77. The van der Waals surface area contributed by atoms with E-state index in [2.05, 4.69) is 25.2 Å². The third-order valence-corrected chi connectivity index (χ3v) is 4.10. The average molecular weight is 251 g/mol. The van der Waals surface area contributed by atoms with Crippen LogP contribution in [0.2, 0.25) is 0 Å². The molecule has 3 heteroatoms. The van der Waals surface area contributed by atoms with E-state index in [4.69, 9.17) is 9.15 Å². The minimum absolute atomic E-state index is 0.411. The topological polar surface area (TPSA) is 34.4 Å². The monoisotopic (exact) mass is 251 g/mol. The second-order valence-electron chi connectivity index (χ2n) is 5.65. The van der Waals surface area contributed by atoms with Crippen LogP contribution in [0.4, 0.5) is 0 Å². The molecule has 0 bridgehead atoms. The zero-order valence-electron chi connectivity index (χ0n) is 11.7. The van der Waals surface area contributed by atoms with Crippen LogP contribution in [0.3, 0.4) is 0 Å². The summed E-state index contributed by atoms with van der Waals surface area (Å²) in [5.41, 5.74) is 1.18. The molecule has 1 aromatic heterocycles. The Morgan fingerprint density at radius 2 is 2.17 bits per heavy atom. The summed E-state index contributed by atoms with van der Waals surface area (Å²) in [5, 5.41) is 3.11. The largest absolute Gasteiger partial charge is 0.467 e. The lowest BCUT2D eigenvalue weighted by Gasteiger charge is -2.31. The Morgan fingerprint density at radius 3 is 2.89 bits per heavy atom. The maximum absolute atomic E-state index is 5.97. The number of nitrogens with one attached hydrogen (secondary N) is 1. The highest BCUT2D eigenvalue weighted by molar-refractivity contribution is 5.11. The van der Waals surface area contributed by atoms with E-state index in [9.17, 15) is 0 Å². The summed E-state index contributed by atoms with van der Waals surface area (Å²) in [5.74, 6) is 2.56. The van der Waals surface area contributed by atoms with Crippen molar-refractivity contribution < 1.29 is 9.15 Å². The van der Waals surface area contributed by atoms with Crippen molar-refractivity contribution in [2.45, 2.75) is 52.4 Å². The Hall–Kier alpha value is -0.800. The molecule has 0 amide bonds. The smallest absolute Gasteiger partial charge is 0.129 e. The molecule has 1 aliphatic rings. The number of hydrogen-bond acceptors (Lipinski definition) is 3. The van der Waals surface area contributed by atoms with Gasteiger partial charge in [0.15, 0.2) is 0 Å². The number of ether oxygens (including phenoxy) is 1. The number of hydrogen-bond donors (Lipinski definition) is 1. The molecule has 1 saturated carbocycles. The van der Waals surface area contributed by atoms with E-state index in [1.54, 1.807) is 6.26 Å². The summed E-state index contributed by atoms with van der Waals surface area (Å²) < 4.78 is 11.5. The summed E-state index contributed by atoms with van der Waals surface area (Å²) in [7, 11) is 1.94. The van der Waals surface area contributed by atoms with Gasteiger partial charge in [-0.05, 0) is 44.2 Å². The van der Waals surface area contributed by atoms with Gasteiger partial charge in [0, 0.05) is 12.1 Å². The Bertz CT molecular complexity index is 361. The maximum atomic E-state index is 5.97. The van der Waals surface area contributed by atoms with Crippen LogP contribution in [-0.2, 0) is 17.9 Å². The molecule has 18 heavy (non-hydrogen) atoms. The molecule has 1 fully saturated rings. The third-order valence-electron chi connectivity index (χ3n) is 4.10. The van der Waals surface area contributed by atoms with E-state index in [1.165, 1.54) is 24.8 Å². The van der Waals surface area contributed by atoms with Gasteiger partial charge in [-0.2, -0.15) is 0 Å². The lowest BCUT2D eigenvalue weighted by molar-refractivity contribution is -0.0139. The van der Waals surface area contributed by atoms with Crippen LogP contribution in [0, 0.1) is 11.8 Å². The van der Waals surface area contributed by atoms with Crippen LogP contribution >= 0.6 is 0 Å². The van der Waals surface area contributed by atoms with Gasteiger partial charge in [0.2, 0.25) is 0 Å². The number of rotatable bonds is 5. The van der Waals surface area contributed by atoms with Gasteiger partial charge < -0.3 is 14.5 Å². The van der Waals surface area contributed by atoms with Crippen molar-refractivity contribution in [2.75, 3.05) is 7.05 Å². The van der Waals surface area contributed by atoms with Crippen molar-refractivity contribution in [3.63, 3.8) is 0 Å². The van der Waals surface area contributed by atoms with Crippen molar-refractivity contribution in [1.82, 2.24) is 5.32 Å². The van der Waals surface area contributed by atoms with Crippen molar-refractivity contribution in [1.29, 1.82) is 0 Å². The molecule has 0 spiro atoms. The van der Waals surface area contributed by atoms with Crippen LogP contribution in [0.15, 0.2) is 16.7 Å². The summed E-state index contributed by atoms with van der Waals surface area (Å²) in [6.07, 6.45) is 5.88. The third kappa shape index (κ3) is 3.59. The van der Waals surface area contributed by atoms with Gasteiger partial charge in [-0.1, -0.05) is 13.8 Å². The van der Waals surface area contributed by atoms with Gasteiger partial charge in [-0.3, -0.25) is 0 Å². The van der Waals surface area contributed by atoms with Crippen molar-refractivity contribution >= 4 is 0 Å². The molecule has 1 aromatic rings. The maximum Gasteiger partial charge on any atom is 0.129 e. The fraction of sp³-hybridized carbons (Fsp3) is 0.733. The first-order valence-corrected chi connectivity index (χ1v) is 7.01. The Labute approximate surface area is 110 Å². The van der Waals surface area contributed by atoms with Gasteiger partial charge in [0.05, 0.1) is 12.4 Å². The van der Waals surface area contributed by atoms with E-state index in [0.717, 1.165) is 24.1 Å². The first-order chi connectivity index (χ1) is 8.69. The Morgan fingerprint density at radius 1 is 1.33 bits per heavy atom. The lowest BCUT2D eigenvalue weighted by atomic mass is 9.80. The minimum Gasteiger partial charge on any atom is -0.467 e. The number of furan rings is 1. The van der Waals surface area contributed by atoms with E-state index in [-0.39, 0.29) is 0 Å². The van der Waals surface area contributed by atoms with Gasteiger partial charge in [-0.25, -0.2) is 0 Å². The molecule has 1 heterocycles. The van der Waals surface area contributed by atoms with E-state index in [0.29, 0.717) is 12.7 Å². The average Bonchev–Trinajstić information content (AvgIpc) is 2.79. The highest BCUT2D eigenvalue weighted by Gasteiger charge is 2.25. The lowest BCUT2D eigenvalue weighted by Crippen LogP contribution is -2.26. The van der Waals surface area contributed by atoms with Gasteiger partial charge in [0.25, 0.3) is 0 Å². The second kappa shape index (κ2) is 6.39. The summed E-state index contributed by atoms with van der Waals surface area (Å²) >= 11 is 0. The van der Waals surface area contributed by atoms with Crippen molar-refractivity contribution in [3.8, 4) is 0 Å². The predicted molar refractivity (Wildman–Crippen MR) is 72.2 cm³/mol. The van der Waals surface area contributed by atoms with Crippen LogP contribution in [0.5, 0.6) is 0 Å². The standard InChI is InChI=1S/C15H25NO2/c1-11-4-5-14(6-12(11)2)18-10-15-7-13(8-16-3)9-17-15/h7,9,11-12,14,16H,4-6,8,10H2,1-3H3. The molecule has 1 aliphatic carbocycles. The van der Waals surface area contributed by atoms with Crippen molar-refractivity contribution in [2.24, 2.45) is 11.8 Å². The minimum atomic E-state index is 0.411. The molecule has 0 aliphatic heterocycles. The Kier molecular flexibility index (Phi) is 4.84. The molecular weight excluding hydrogens is 226 g/mol. The summed E-state index contributed by atoms with van der Waals surface area (Å²) in [6, 6.07) is 2.07. The van der Waals surface area contributed by atoms with Gasteiger partial charge in [-0.15, -0.1) is 0 Å². The van der Waals surface area contributed by atoms with E-state index < -0.39 is 0 Å². The first-order valence-electron chi connectivity index (χ1n) is 7.01. The highest BCUT2D eigenvalue weighted by Crippen LogP contribution is 2.31. The van der Waals surface area contributed by atoms with Crippen LogP contribution in [0.1, 0.15) is 44.4 Å². The van der Waals surface area contributed by atoms with Crippen molar-refractivity contribution in [3.05, 3.63) is 23.7 Å². The fourth-order valence-electron chi connectivity index (χ4n) is 2.65. The molecule has 2 rings (SSSR count). The quantitative estimate of drug-likeness (QED) is 0.871. The molecule has 0 aromatic carbocycles. The normalized spacial score (nSPS) is 28.5. The summed E-state index contributed by atoms with van der Waals surface area (Å²) in [4.78, 5) is 0. The highest BCUT2D eigenvalue weighted by atomic mass is 16.5. The zero-order valence-corrected chi connectivity index (χ0v) is 11.7. The molecule has 0 radical (unpaired) electrons. The van der Waals surface area contributed by atoms with Gasteiger partial charge in [0.1, 0.15) is 12.4 Å². The van der Waals surface area contributed by atoms with E-state index in [1.807, 2.05) is 7.05 Å². The molecule has 0 saturated heterocycles.